The van der Waals surface area contributed by atoms with Crippen molar-refractivity contribution >= 4 is 5.90 Å². The predicted octanol–water partition coefficient (Wildman–Crippen LogP) is -0.684. The van der Waals surface area contributed by atoms with E-state index >= 15 is 0 Å². The summed E-state index contributed by atoms with van der Waals surface area (Å²) in [4.78, 5) is 4.85. The van der Waals surface area contributed by atoms with Crippen molar-refractivity contribution in [2.24, 2.45) is 5.16 Å². The van der Waals surface area contributed by atoms with Crippen molar-refractivity contribution in [2.75, 3.05) is 32.9 Å². The van der Waals surface area contributed by atoms with E-state index in [9.17, 15) is 5.11 Å². The zero-order valence-electron chi connectivity index (χ0n) is 9.27. The normalized spacial score (nSPS) is 13.7. The number of nitrogens with zero attached hydrogens (tertiary/aromatic N) is 1. The number of rotatable bonds is 8. The Morgan fingerprint density at radius 1 is 1.53 bits per heavy atom. The van der Waals surface area contributed by atoms with Crippen molar-refractivity contribution < 1.29 is 19.8 Å². The molecule has 0 saturated heterocycles. The molecule has 0 amide bonds. The van der Waals surface area contributed by atoms with Gasteiger partial charge in [-0.1, -0.05) is 5.16 Å². The van der Waals surface area contributed by atoms with Crippen molar-refractivity contribution in [3.63, 3.8) is 0 Å². The van der Waals surface area contributed by atoms with Crippen LogP contribution in [0.15, 0.2) is 5.16 Å². The van der Waals surface area contributed by atoms with E-state index in [1.807, 2.05) is 6.92 Å². The number of hydrogen-bond acceptors (Lipinski definition) is 6. The summed E-state index contributed by atoms with van der Waals surface area (Å²) in [5.41, 5.74) is 0. The molecule has 6 heteroatoms. The summed E-state index contributed by atoms with van der Waals surface area (Å²) in [5, 5.41) is 24.3. The molecule has 0 radical (unpaired) electrons. The van der Waals surface area contributed by atoms with Crippen molar-refractivity contribution in [3.05, 3.63) is 0 Å². The quantitative estimate of drug-likeness (QED) is 0.218. The van der Waals surface area contributed by atoms with Crippen molar-refractivity contribution in [2.45, 2.75) is 20.0 Å². The maximum atomic E-state index is 9.34. The highest BCUT2D eigenvalue weighted by molar-refractivity contribution is 5.72. The molecular weight excluding hydrogens is 200 g/mol. The van der Waals surface area contributed by atoms with Crippen molar-refractivity contribution in [1.82, 2.24) is 5.32 Å². The highest BCUT2D eigenvalue weighted by atomic mass is 16.7. The van der Waals surface area contributed by atoms with Crippen LogP contribution in [0.4, 0.5) is 0 Å². The molecule has 0 aromatic heterocycles. The van der Waals surface area contributed by atoms with Gasteiger partial charge in [-0.05, 0) is 6.92 Å². The smallest absolute Gasteiger partial charge is 0.222 e. The highest BCUT2D eigenvalue weighted by Crippen LogP contribution is 1.88. The second kappa shape index (κ2) is 9.70. The molecular formula is C9H20N2O4. The third-order valence-electron chi connectivity index (χ3n) is 1.48. The zero-order valence-corrected chi connectivity index (χ0v) is 9.27. The van der Waals surface area contributed by atoms with Crippen LogP contribution in [0.25, 0.3) is 0 Å². The first-order valence-corrected chi connectivity index (χ1v) is 4.99. The number of nitrogens with one attached hydrogen (secondary N) is 1. The van der Waals surface area contributed by atoms with E-state index in [0.29, 0.717) is 25.6 Å². The molecule has 0 aliphatic rings. The van der Waals surface area contributed by atoms with E-state index in [1.165, 1.54) is 0 Å². The summed E-state index contributed by atoms with van der Waals surface area (Å²) < 4.78 is 5.02. The topological polar surface area (TPSA) is 83.3 Å². The number of ether oxygens (including phenoxy) is 1. The molecule has 90 valence electrons. The fourth-order valence-corrected chi connectivity index (χ4v) is 0.856. The van der Waals surface area contributed by atoms with Gasteiger partial charge in [0.2, 0.25) is 5.90 Å². The lowest BCUT2D eigenvalue weighted by Gasteiger charge is -2.09. The van der Waals surface area contributed by atoms with Gasteiger partial charge < -0.3 is 25.1 Å². The zero-order chi connectivity index (χ0) is 11.5. The third kappa shape index (κ3) is 9.45. The molecule has 0 aromatic rings. The van der Waals surface area contributed by atoms with Gasteiger partial charge in [0, 0.05) is 20.0 Å². The average molecular weight is 220 g/mol. The Morgan fingerprint density at radius 3 is 2.87 bits per heavy atom. The molecule has 0 heterocycles. The largest absolute Gasteiger partial charge is 0.479 e. The Balaban J connectivity index is 3.44. The summed E-state index contributed by atoms with van der Waals surface area (Å²) in [6.07, 6.45) is -0.644. The number of oxime groups is 1. The minimum Gasteiger partial charge on any atom is -0.479 e. The molecule has 3 N–H and O–H groups in total. The molecule has 0 aliphatic heterocycles. The third-order valence-corrected chi connectivity index (χ3v) is 1.48. The van der Waals surface area contributed by atoms with Crippen LogP contribution in [0.3, 0.4) is 0 Å². The monoisotopic (exact) mass is 220 g/mol. The van der Waals surface area contributed by atoms with Gasteiger partial charge >= 0.3 is 0 Å². The maximum absolute atomic E-state index is 9.34. The summed E-state index contributed by atoms with van der Waals surface area (Å²) in [6, 6.07) is 0. The Kier molecular flexibility index (Phi) is 9.15. The Morgan fingerprint density at radius 2 is 2.27 bits per heavy atom. The van der Waals surface area contributed by atoms with Gasteiger partial charge in [0.05, 0.1) is 13.2 Å². The molecule has 0 bridgehead atoms. The van der Waals surface area contributed by atoms with Gasteiger partial charge in [-0.15, -0.1) is 0 Å². The van der Waals surface area contributed by atoms with Crippen LogP contribution in [-0.2, 0) is 9.57 Å². The fraction of sp³-hybridized carbons (Fsp3) is 0.889. The molecule has 0 aliphatic carbocycles. The van der Waals surface area contributed by atoms with Crippen LogP contribution in [0, 0.1) is 0 Å². The molecule has 0 saturated carbocycles. The van der Waals surface area contributed by atoms with Crippen LogP contribution in [0.2, 0.25) is 0 Å². The van der Waals surface area contributed by atoms with Crippen LogP contribution < -0.4 is 5.32 Å². The van der Waals surface area contributed by atoms with Gasteiger partial charge in [0.15, 0.2) is 0 Å². The number of aliphatic hydroxyl groups is 2. The van der Waals surface area contributed by atoms with Crippen LogP contribution >= 0.6 is 0 Å². The molecule has 1 unspecified atom stereocenters. The first-order chi connectivity index (χ1) is 7.20. The average Bonchev–Trinajstić information content (AvgIpc) is 2.18. The molecule has 0 rings (SSSR count). The Labute approximate surface area is 89.9 Å². The first kappa shape index (κ1) is 14.2. The summed E-state index contributed by atoms with van der Waals surface area (Å²) >= 11 is 0. The first-order valence-electron chi connectivity index (χ1n) is 4.99. The van der Waals surface area contributed by atoms with E-state index in [2.05, 4.69) is 10.5 Å². The highest BCUT2D eigenvalue weighted by Gasteiger charge is 2.03. The lowest BCUT2D eigenvalue weighted by molar-refractivity contribution is 0.0363. The van der Waals surface area contributed by atoms with E-state index in [4.69, 9.17) is 14.7 Å². The van der Waals surface area contributed by atoms with Crippen molar-refractivity contribution in [1.29, 1.82) is 0 Å². The molecule has 0 fully saturated rings. The van der Waals surface area contributed by atoms with E-state index in [-0.39, 0.29) is 13.2 Å². The summed E-state index contributed by atoms with van der Waals surface area (Å²) in [6.45, 7) is 5.05. The summed E-state index contributed by atoms with van der Waals surface area (Å²) in [7, 11) is 0. The SMILES string of the molecule is CCOC(C)=NOCC(O)CNCCO. The van der Waals surface area contributed by atoms with Crippen molar-refractivity contribution in [3.8, 4) is 0 Å². The Bertz CT molecular complexity index is 175. The van der Waals surface area contributed by atoms with E-state index in [1.54, 1.807) is 6.92 Å². The fourth-order valence-electron chi connectivity index (χ4n) is 0.856. The molecule has 0 aromatic carbocycles. The minimum absolute atomic E-state index is 0.0508. The van der Waals surface area contributed by atoms with Gasteiger partial charge in [-0.2, -0.15) is 0 Å². The molecule has 6 nitrogen and oxygen atoms in total. The van der Waals surface area contributed by atoms with Gasteiger partial charge in [-0.3, -0.25) is 0 Å². The minimum atomic E-state index is -0.644. The van der Waals surface area contributed by atoms with Crippen LogP contribution in [-0.4, -0.2) is 55.1 Å². The second-order valence-corrected chi connectivity index (χ2v) is 2.92. The van der Waals surface area contributed by atoms with E-state index in [0.717, 1.165) is 0 Å². The number of aliphatic hydroxyl groups excluding tert-OH is 2. The van der Waals surface area contributed by atoms with Gasteiger partial charge in [-0.25, -0.2) is 0 Å². The lowest BCUT2D eigenvalue weighted by atomic mass is 10.4. The molecule has 1 atom stereocenters. The standard InChI is InChI=1S/C9H20N2O4/c1-3-14-8(2)11-15-7-9(13)6-10-4-5-12/h9-10,12-13H,3-7H2,1-2H3. The second-order valence-electron chi connectivity index (χ2n) is 2.92. The summed E-state index contributed by atoms with van der Waals surface area (Å²) in [5.74, 6) is 0.438. The molecule has 15 heavy (non-hydrogen) atoms. The predicted molar refractivity (Wildman–Crippen MR) is 56.6 cm³/mol. The molecule has 0 spiro atoms. The number of hydrogen-bond donors (Lipinski definition) is 3. The Hall–Kier alpha value is -0.850. The van der Waals surface area contributed by atoms with Gasteiger partial charge in [0.25, 0.3) is 0 Å². The van der Waals surface area contributed by atoms with Crippen LogP contribution in [0.1, 0.15) is 13.8 Å². The maximum Gasteiger partial charge on any atom is 0.222 e. The van der Waals surface area contributed by atoms with Crippen LogP contribution in [0.5, 0.6) is 0 Å². The van der Waals surface area contributed by atoms with E-state index < -0.39 is 6.10 Å². The lowest BCUT2D eigenvalue weighted by Crippen LogP contribution is -2.31. The van der Waals surface area contributed by atoms with Gasteiger partial charge in [0.1, 0.15) is 12.7 Å².